The van der Waals surface area contributed by atoms with E-state index in [0.29, 0.717) is 17.4 Å². The lowest BCUT2D eigenvalue weighted by molar-refractivity contribution is 0.128. The number of aliphatic hydroxyl groups is 1. The Labute approximate surface area is 116 Å². The van der Waals surface area contributed by atoms with E-state index in [9.17, 15) is 5.11 Å². The average Bonchev–Trinajstić information content (AvgIpc) is 2.25. The fraction of sp³-hybridized carbons (Fsp3) is 0.538. The van der Waals surface area contributed by atoms with Gasteiger partial charge in [-0.2, -0.15) is 0 Å². The van der Waals surface area contributed by atoms with Gasteiger partial charge in [0.05, 0.1) is 12.1 Å². The zero-order valence-electron chi connectivity index (χ0n) is 10.2. The second-order valence-corrected chi connectivity index (χ2v) is 6.02. The van der Waals surface area contributed by atoms with Crippen LogP contribution in [0.1, 0.15) is 38.3 Å². The number of rotatable bonds is 5. The van der Waals surface area contributed by atoms with Crippen LogP contribution in [0.4, 0.5) is 0 Å². The molecule has 0 aliphatic heterocycles. The van der Waals surface area contributed by atoms with Crippen LogP contribution in [0.3, 0.4) is 0 Å². The molecule has 2 atom stereocenters. The first-order chi connectivity index (χ1) is 7.91. The summed E-state index contributed by atoms with van der Waals surface area (Å²) < 4.78 is 0.848. The van der Waals surface area contributed by atoms with E-state index in [1.807, 2.05) is 6.07 Å². The molecule has 3 N–H and O–H groups in total. The summed E-state index contributed by atoms with van der Waals surface area (Å²) >= 11 is 9.29. The van der Waals surface area contributed by atoms with E-state index >= 15 is 0 Å². The van der Waals surface area contributed by atoms with Crippen molar-refractivity contribution in [2.24, 2.45) is 11.7 Å². The first kappa shape index (κ1) is 15.0. The van der Waals surface area contributed by atoms with Gasteiger partial charge in [-0.1, -0.05) is 47.4 Å². The molecule has 0 fully saturated rings. The molecule has 1 rings (SSSR count). The molecule has 0 unspecified atom stereocenters. The second-order valence-electron chi connectivity index (χ2n) is 4.73. The van der Waals surface area contributed by atoms with Crippen molar-refractivity contribution >= 4 is 27.5 Å². The second kappa shape index (κ2) is 6.74. The highest BCUT2D eigenvalue weighted by molar-refractivity contribution is 9.10. The SMILES string of the molecule is CC(C)CC[C@@H](O)[C@@H](N)c1ccc(Cl)cc1Br. The molecule has 1 aromatic rings. The molecule has 0 bridgehead atoms. The Morgan fingerprint density at radius 3 is 2.53 bits per heavy atom. The van der Waals surface area contributed by atoms with Crippen LogP contribution in [0, 0.1) is 5.92 Å². The molecule has 0 spiro atoms. The van der Waals surface area contributed by atoms with Crippen LogP contribution < -0.4 is 5.73 Å². The van der Waals surface area contributed by atoms with Crippen molar-refractivity contribution < 1.29 is 5.11 Å². The Morgan fingerprint density at radius 2 is 2.00 bits per heavy atom. The number of hydrogen-bond donors (Lipinski definition) is 2. The van der Waals surface area contributed by atoms with Gasteiger partial charge in [0.25, 0.3) is 0 Å². The fourth-order valence-corrected chi connectivity index (χ4v) is 2.61. The van der Waals surface area contributed by atoms with Crippen LogP contribution in [0.2, 0.25) is 5.02 Å². The van der Waals surface area contributed by atoms with Gasteiger partial charge in [-0.15, -0.1) is 0 Å². The molecule has 96 valence electrons. The Kier molecular flexibility index (Phi) is 5.93. The van der Waals surface area contributed by atoms with E-state index in [0.717, 1.165) is 16.5 Å². The maximum atomic E-state index is 10.0. The molecule has 0 amide bonds. The predicted molar refractivity (Wildman–Crippen MR) is 76.2 cm³/mol. The Bertz CT molecular complexity index is 370. The van der Waals surface area contributed by atoms with Gasteiger partial charge in [0.15, 0.2) is 0 Å². The normalized spacial score (nSPS) is 15.0. The van der Waals surface area contributed by atoms with Gasteiger partial charge in [0, 0.05) is 9.50 Å². The molecule has 2 nitrogen and oxygen atoms in total. The molecule has 1 aromatic carbocycles. The summed E-state index contributed by atoms with van der Waals surface area (Å²) in [7, 11) is 0. The van der Waals surface area contributed by atoms with Crippen molar-refractivity contribution in [1.82, 2.24) is 0 Å². The third-order valence-corrected chi connectivity index (χ3v) is 3.70. The Balaban J connectivity index is 2.71. The molecule has 0 aliphatic rings. The minimum Gasteiger partial charge on any atom is -0.391 e. The summed E-state index contributed by atoms with van der Waals surface area (Å²) in [6.45, 7) is 4.27. The zero-order chi connectivity index (χ0) is 13.0. The van der Waals surface area contributed by atoms with E-state index in [1.165, 1.54) is 0 Å². The quantitative estimate of drug-likeness (QED) is 0.864. The largest absolute Gasteiger partial charge is 0.391 e. The number of nitrogens with two attached hydrogens (primary N) is 1. The van der Waals surface area contributed by atoms with Crippen LogP contribution in [-0.2, 0) is 0 Å². The maximum absolute atomic E-state index is 10.0. The molecule has 0 saturated heterocycles. The standard InChI is InChI=1S/C13H19BrClNO/c1-8(2)3-6-12(17)13(16)10-5-4-9(15)7-11(10)14/h4-5,7-8,12-13,17H,3,6,16H2,1-2H3/t12-,13+/m1/s1. The van der Waals surface area contributed by atoms with Gasteiger partial charge in [0.1, 0.15) is 0 Å². The van der Waals surface area contributed by atoms with Gasteiger partial charge in [-0.05, 0) is 36.5 Å². The molecule has 0 heterocycles. The van der Waals surface area contributed by atoms with Gasteiger partial charge >= 0.3 is 0 Å². The van der Waals surface area contributed by atoms with Crippen LogP contribution in [0.5, 0.6) is 0 Å². The molecule has 0 aromatic heterocycles. The van der Waals surface area contributed by atoms with E-state index in [2.05, 4.69) is 29.8 Å². The van der Waals surface area contributed by atoms with Crippen LogP contribution in [0.15, 0.2) is 22.7 Å². The Hall–Kier alpha value is -0.0900. The van der Waals surface area contributed by atoms with Gasteiger partial charge in [-0.25, -0.2) is 0 Å². The van der Waals surface area contributed by atoms with Crippen molar-refractivity contribution in [2.45, 2.75) is 38.8 Å². The van der Waals surface area contributed by atoms with Crippen molar-refractivity contribution in [1.29, 1.82) is 0 Å². The van der Waals surface area contributed by atoms with Gasteiger partial charge < -0.3 is 10.8 Å². The summed E-state index contributed by atoms with van der Waals surface area (Å²) in [6.07, 6.45) is 1.17. The molecule has 0 saturated carbocycles. The van der Waals surface area contributed by atoms with Crippen molar-refractivity contribution in [3.63, 3.8) is 0 Å². The minimum atomic E-state index is -0.519. The van der Waals surface area contributed by atoms with Crippen molar-refractivity contribution in [2.75, 3.05) is 0 Å². The highest BCUT2D eigenvalue weighted by atomic mass is 79.9. The molecule has 17 heavy (non-hydrogen) atoms. The first-order valence-electron chi connectivity index (χ1n) is 5.80. The smallest absolute Gasteiger partial charge is 0.0733 e. The molecular weight excluding hydrogens is 302 g/mol. The lowest BCUT2D eigenvalue weighted by atomic mass is 9.96. The number of hydrogen-bond acceptors (Lipinski definition) is 2. The summed E-state index contributed by atoms with van der Waals surface area (Å²) in [4.78, 5) is 0. The fourth-order valence-electron chi connectivity index (χ4n) is 1.66. The monoisotopic (exact) mass is 319 g/mol. The lowest BCUT2D eigenvalue weighted by Gasteiger charge is -2.21. The molecule has 0 aliphatic carbocycles. The molecular formula is C13H19BrClNO. The number of halogens is 2. The topological polar surface area (TPSA) is 46.2 Å². The molecule has 0 radical (unpaired) electrons. The number of benzene rings is 1. The maximum Gasteiger partial charge on any atom is 0.0733 e. The zero-order valence-corrected chi connectivity index (χ0v) is 12.5. The average molecular weight is 321 g/mol. The highest BCUT2D eigenvalue weighted by Crippen LogP contribution is 2.28. The molecule has 4 heteroatoms. The van der Waals surface area contributed by atoms with Crippen molar-refractivity contribution in [3.8, 4) is 0 Å². The van der Waals surface area contributed by atoms with E-state index < -0.39 is 6.10 Å². The third kappa shape index (κ3) is 4.59. The van der Waals surface area contributed by atoms with Gasteiger partial charge in [-0.3, -0.25) is 0 Å². The predicted octanol–water partition coefficient (Wildman–Crippen LogP) is 3.90. The number of aliphatic hydroxyl groups excluding tert-OH is 1. The van der Waals surface area contributed by atoms with Crippen LogP contribution in [0.25, 0.3) is 0 Å². The highest BCUT2D eigenvalue weighted by Gasteiger charge is 2.19. The van der Waals surface area contributed by atoms with E-state index in [4.69, 9.17) is 17.3 Å². The van der Waals surface area contributed by atoms with Crippen LogP contribution >= 0.6 is 27.5 Å². The van der Waals surface area contributed by atoms with Crippen LogP contribution in [-0.4, -0.2) is 11.2 Å². The van der Waals surface area contributed by atoms with Gasteiger partial charge in [0.2, 0.25) is 0 Å². The summed E-state index contributed by atoms with van der Waals surface area (Å²) in [5, 5.41) is 10.7. The van der Waals surface area contributed by atoms with E-state index in [-0.39, 0.29) is 6.04 Å². The lowest BCUT2D eigenvalue weighted by Crippen LogP contribution is -2.26. The summed E-state index contributed by atoms with van der Waals surface area (Å²) in [5.41, 5.74) is 6.95. The minimum absolute atomic E-state index is 0.375. The first-order valence-corrected chi connectivity index (χ1v) is 6.97. The Morgan fingerprint density at radius 1 is 1.35 bits per heavy atom. The summed E-state index contributed by atoms with van der Waals surface area (Å²) in [6, 6.07) is 5.07. The van der Waals surface area contributed by atoms with E-state index in [1.54, 1.807) is 12.1 Å². The third-order valence-electron chi connectivity index (χ3n) is 2.78. The summed E-state index contributed by atoms with van der Waals surface area (Å²) in [5.74, 6) is 0.575. The van der Waals surface area contributed by atoms with Crippen molar-refractivity contribution in [3.05, 3.63) is 33.3 Å².